The normalized spacial score (nSPS) is 11.5. The van der Waals surface area contributed by atoms with E-state index in [2.05, 4.69) is 10.6 Å². The van der Waals surface area contributed by atoms with Crippen molar-refractivity contribution in [1.82, 2.24) is 10.6 Å². The van der Waals surface area contributed by atoms with Gasteiger partial charge in [0.05, 0.1) is 0 Å². The summed E-state index contributed by atoms with van der Waals surface area (Å²) >= 11 is 0. The molecular weight excluding hydrogens is 264 g/mol. The van der Waals surface area contributed by atoms with E-state index in [1.54, 1.807) is 0 Å². The minimum Gasteiger partial charge on any atom is -0.350 e. The van der Waals surface area contributed by atoms with E-state index in [1.165, 1.54) is 6.92 Å². The Labute approximate surface area is 124 Å². The zero-order valence-corrected chi connectivity index (χ0v) is 11.9. The minimum absolute atomic E-state index is 0.222. The van der Waals surface area contributed by atoms with Crippen molar-refractivity contribution in [2.24, 2.45) is 0 Å². The Bertz CT molecular complexity index is 597. The molecule has 0 radical (unpaired) electrons. The lowest BCUT2D eigenvalue weighted by molar-refractivity contribution is -0.128. The van der Waals surface area contributed by atoms with Crippen LogP contribution in [0, 0.1) is 0 Å². The lowest BCUT2D eigenvalue weighted by atomic mass is 10.1. The molecule has 0 aliphatic carbocycles. The van der Waals surface area contributed by atoms with Gasteiger partial charge in [0.1, 0.15) is 6.04 Å². The molecule has 2 N–H and O–H groups in total. The second kappa shape index (κ2) is 7.24. The molecule has 0 fully saturated rings. The number of hydrogen-bond donors (Lipinski definition) is 2. The SMILES string of the molecule is CC(=O)NC(C(=O)NCc1ccccc1)c1ccccc1. The summed E-state index contributed by atoms with van der Waals surface area (Å²) < 4.78 is 0. The summed E-state index contributed by atoms with van der Waals surface area (Å²) in [6.07, 6.45) is 0. The van der Waals surface area contributed by atoms with Crippen molar-refractivity contribution < 1.29 is 9.59 Å². The summed E-state index contributed by atoms with van der Waals surface area (Å²) in [6, 6.07) is 18.2. The van der Waals surface area contributed by atoms with Gasteiger partial charge in [-0.1, -0.05) is 60.7 Å². The van der Waals surface area contributed by atoms with Crippen LogP contribution in [-0.4, -0.2) is 11.8 Å². The van der Waals surface area contributed by atoms with Gasteiger partial charge in [0.15, 0.2) is 0 Å². The molecular formula is C17H18N2O2. The van der Waals surface area contributed by atoms with Gasteiger partial charge >= 0.3 is 0 Å². The summed E-state index contributed by atoms with van der Waals surface area (Å²) in [5.74, 6) is -0.459. The van der Waals surface area contributed by atoms with Crippen molar-refractivity contribution in [3.05, 3.63) is 71.8 Å². The van der Waals surface area contributed by atoms with Crippen LogP contribution in [0.15, 0.2) is 60.7 Å². The number of nitrogens with one attached hydrogen (secondary N) is 2. The third-order valence-corrected chi connectivity index (χ3v) is 3.05. The van der Waals surface area contributed by atoms with Crippen molar-refractivity contribution in [2.45, 2.75) is 19.5 Å². The number of hydrogen-bond acceptors (Lipinski definition) is 2. The lowest BCUT2D eigenvalue weighted by Gasteiger charge is -2.18. The van der Waals surface area contributed by atoms with Crippen LogP contribution in [-0.2, 0) is 16.1 Å². The fourth-order valence-corrected chi connectivity index (χ4v) is 2.04. The molecule has 2 aromatic carbocycles. The average Bonchev–Trinajstić information content (AvgIpc) is 2.52. The van der Waals surface area contributed by atoms with Crippen molar-refractivity contribution in [2.75, 3.05) is 0 Å². The largest absolute Gasteiger partial charge is 0.350 e. The molecule has 2 amide bonds. The summed E-state index contributed by atoms with van der Waals surface area (Å²) in [6.45, 7) is 1.84. The Morgan fingerprint density at radius 2 is 1.52 bits per heavy atom. The Morgan fingerprint density at radius 1 is 0.952 bits per heavy atom. The molecule has 0 aliphatic rings. The van der Waals surface area contributed by atoms with E-state index in [0.29, 0.717) is 6.54 Å². The number of rotatable bonds is 5. The summed E-state index contributed by atoms with van der Waals surface area (Å²) in [5, 5.41) is 5.53. The fraction of sp³-hybridized carbons (Fsp3) is 0.176. The van der Waals surface area contributed by atoms with E-state index in [1.807, 2.05) is 60.7 Å². The fourth-order valence-electron chi connectivity index (χ4n) is 2.04. The van der Waals surface area contributed by atoms with E-state index in [-0.39, 0.29) is 11.8 Å². The van der Waals surface area contributed by atoms with E-state index < -0.39 is 6.04 Å². The molecule has 4 heteroatoms. The van der Waals surface area contributed by atoms with Crippen molar-refractivity contribution in [3.8, 4) is 0 Å². The molecule has 0 heterocycles. The van der Waals surface area contributed by atoms with Crippen LogP contribution in [0.4, 0.5) is 0 Å². The Morgan fingerprint density at radius 3 is 2.10 bits per heavy atom. The first-order valence-electron chi connectivity index (χ1n) is 6.80. The van der Waals surface area contributed by atoms with Gasteiger partial charge in [-0.15, -0.1) is 0 Å². The second-order valence-corrected chi connectivity index (χ2v) is 4.75. The highest BCUT2D eigenvalue weighted by Gasteiger charge is 2.20. The van der Waals surface area contributed by atoms with Crippen LogP contribution >= 0.6 is 0 Å². The van der Waals surface area contributed by atoms with E-state index in [9.17, 15) is 9.59 Å². The molecule has 4 nitrogen and oxygen atoms in total. The van der Waals surface area contributed by atoms with E-state index >= 15 is 0 Å². The van der Waals surface area contributed by atoms with Gasteiger partial charge in [-0.25, -0.2) is 0 Å². The average molecular weight is 282 g/mol. The van der Waals surface area contributed by atoms with Crippen LogP contribution in [0.5, 0.6) is 0 Å². The van der Waals surface area contributed by atoms with Crippen LogP contribution in [0.3, 0.4) is 0 Å². The van der Waals surface area contributed by atoms with E-state index in [0.717, 1.165) is 11.1 Å². The van der Waals surface area contributed by atoms with Gasteiger partial charge < -0.3 is 10.6 Å². The summed E-state index contributed by atoms with van der Waals surface area (Å²) in [5.41, 5.74) is 1.78. The molecule has 0 saturated heterocycles. The maximum atomic E-state index is 12.3. The highest BCUT2D eigenvalue weighted by atomic mass is 16.2. The van der Waals surface area contributed by atoms with Gasteiger partial charge in [0.2, 0.25) is 11.8 Å². The molecule has 0 spiro atoms. The Kier molecular flexibility index (Phi) is 5.10. The first kappa shape index (κ1) is 14.8. The number of amides is 2. The van der Waals surface area contributed by atoms with Crippen LogP contribution in [0.25, 0.3) is 0 Å². The van der Waals surface area contributed by atoms with Crippen molar-refractivity contribution >= 4 is 11.8 Å². The predicted octanol–water partition coefficient (Wildman–Crippen LogP) is 2.18. The van der Waals surface area contributed by atoms with Gasteiger partial charge in [-0.05, 0) is 11.1 Å². The molecule has 0 saturated carbocycles. The smallest absolute Gasteiger partial charge is 0.247 e. The molecule has 0 aromatic heterocycles. The third-order valence-electron chi connectivity index (χ3n) is 3.05. The monoisotopic (exact) mass is 282 g/mol. The molecule has 1 atom stereocenters. The molecule has 2 aromatic rings. The Balaban J connectivity index is 2.06. The molecule has 108 valence electrons. The molecule has 0 aliphatic heterocycles. The van der Waals surface area contributed by atoms with Crippen LogP contribution < -0.4 is 10.6 Å². The van der Waals surface area contributed by atoms with Crippen LogP contribution in [0.1, 0.15) is 24.1 Å². The second-order valence-electron chi connectivity index (χ2n) is 4.75. The summed E-state index contributed by atoms with van der Waals surface area (Å²) in [7, 11) is 0. The zero-order valence-electron chi connectivity index (χ0n) is 11.9. The molecule has 2 rings (SSSR count). The summed E-state index contributed by atoms with van der Waals surface area (Å²) in [4.78, 5) is 23.6. The van der Waals surface area contributed by atoms with E-state index in [4.69, 9.17) is 0 Å². The zero-order chi connectivity index (χ0) is 15.1. The first-order valence-corrected chi connectivity index (χ1v) is 6.80. The number of carbonyl (C=O) groups is 2. The van der Waals surface area contributed by atoms with Gasteiger partial charge in [-0.3, -0.25) is 9.59 Å². The molecule has 0 bridgehead atoms. The topological polar surface area (TPSA) is 58.2 Å². The highest BCUT2D eigenvalue weighted by Crippen LogP contribution is 2.13. The molecule has 21 heavy (non-hydrogen) atoms. The number of carbonyl (C=O) groups excluding carboxylic acids is 2. The van der Waals surface area contributed by atoms with Crippen LogP contribution in [0.2, 0.25) is 0 Å². The minimum atomic E-state index is -0.674. The highest BCUT2D eigenvalue weighted by molar-refractivity contribution is 5.87. The van der Waals surface area contributed by atoms with Crippen molar-refractivity contribution in [1.29, 1.82) is 0 Å². The Hall–Kier alpha value is -2.62. The van der Waals surface area contributed by atoms with Crippen molar-refractivity contribution in [3.63, 3.8) is 0 Å². The quantitative estimate of drug-likeness (QED) is 0.883. The maximum Gasteiger partial charge on any atom is 0.247 e. The molecule has 1 unspecified atom stereocenters. The number of benzene rings is 2. The first-order chi connectivity index (χ1) is 10.2. The van der Waals surface area contributed by atoms with Gasteiger partial charge in [0.25, 0.3) is 0 Å². The lowest BCUT2D eigenvalue weighted by Crippen LogP contribution is -2.39. The van der Waals surface area contributed by atoms with Gasteiger partial charge in [-0.2, -0.15) is 0 Å². The predicted molar refractivity (Wildman–Crippen MR) is 81.3 cm³/mol. The third kappa shape index (κ3) is 4.45. The maximum absolute atomic E-state index is 12.3. The van der Waals surface area contributed by atoms with Gasteiger partial charge in [0, 0.05) is 13.5 Å². The standard InChI is InChI=1S/C17H18N2O2/c1-13(20)19-16(15-10-6-3-7-11-15)17(21)18-12-14-8-4-2-5-9-14/h2-11,16H,12H2,1H3,(H,18,21)(H,19,20).